The number of hydrogen-bond donors (Lipinski definition) is 13. The van der Waals surface area contributed by atoms with Crippen molar-refractivity contribution in [2.75, 3.05) is 18.8 Å². The van der Waals surface area contributed by atoms with Crippen molar-refractivity contribution in [3.63, 3.8) is 0 Å². The van der Waals surface area contributed by atoms with E-state index in [4.69, 9.17) is 28.7 Å². The summed E-state index contributed by atoms with van der Waals surface area (Å²) in [6, 6.07) is 10.8. The normalized spacial score (nSPS) is 14.9. The molecule has 0 unspecified atom stereocenters. The van der Waals surface area contributed by atoms with E-state index >= 15 is 9.59 Å². The number of aliphatic carboxylic acids is 1. The molecule has 0 radical (unpaired) electrons. The van der Waals surface area contributed by atoms with E-state index in [0.717, 1.165) is 0 Å². The third-order valence-corrected chi connectivity index (χ3v) is 15.8. The number of aliphatic imine (C=N–C) groups is 2. The van der Waals surface area contributed by atoms with Gasteiger partial charge < -0.3 is 69.9 Å². The number of aromatic amines is 1. The fourth-order valence-electron chi connectivity index (χ4n) is 10.4. The number of aromatic nitrogens is 1. The van der Waals surface area contributed by atoms with Gasteiger partial charge in [0.15, 0.2) is 35.1 Å². The van der Waals surface area contributed by atoms with Crippen molar-refractivity contribution in [3.05, 3.63) is 71.9 Å². The van der Waals surface area contributed by atoms with Crippen LogP contribution in [0.2, 0.25) is 0 Å². The van der Waals surface area contributed by atoms with E-state index in [2.05, 4.69) is 48.9 Å². The standard InChI is InChI=1S/C63H94N12O13S/c1-35(2)25-48(54(81)32-45(60(87)88)63(5,6)7)74-59(86)44(37(4)77)31-53(80)50(34-89)75-57(84)40(21-22-55(64)82)29-52(79)49(28-42-33-71-46-19-12-11-18-43(42)46)73-58(85)41(27-38-15-9-8-10-16-38)30-51(78)47(20-14-24-70-62(67)68)72-56(83)39(26-36(3)76)17-13-23-69-61(65)66/h8-12,15-16,18-19,33,35,37,39-41,44-45,47-50,71,77,89H,13-14,17,20-32,34H2,1-7H3,(H2,64,82)(H,72,83)(H,73,85)(H,74,86)(H,75,84)(H,87,88)(H4,65,66,69)(H4,67,68,70)/t37-,39-,40-,41-,44+,45-,47+,48+,49+,50+/m1/s1. The number of fused-ring (bicyclic) bond motifs is 1. The minimum absolute atomic E-state index is 0.0134. The Kier molecular flexibility index (Phi) is 31.4. The van der Waals surface area contributed by atoms with Crippen LogP contribution >= 0.6 is 12.6 Å². The quantitative estimate of drug-likeness (QED) is 0.0168. The highest BCUT2D eigenvalue weighted by molar-refractivity contribution is 7.80. The molecule has 0 spiro atoms. The molecule has 2 aromatic carbocycles. The number of aliphatic hydroxyl groups excluding tert-OH is 1. The molecule has 3 aromatic rings. The minimum Gasteiger partial charge on any atom is -0.481 e. The Morgan fingerprint density at radius 2 is 1.10 bits per heavy atom. The predicted octanol–water partition coefficient (Wildman–Crippen LogP) is 2.65. The second kappa shape index (κ2) is 37.1. The van der Waals surface area contributed by atoms with Crippen molar-refractivity contribution in [2.24, 2.45) is 79.6 Å². The number of amides is 5. The number of carboxylic acids is 1. The fraction of sp³-hybridized carbons (Fsp3) is 0.571. The molecular formula is C63H94N12O13S. The SMILES string of the molecule is CC(=O)C[C@@H](CCCN=C(N)N)C(=O)N[C@@H](CCCN=C(N)N)C(=O)C[C@@H](Cc1ccccc1)C(=O)N[C@@H](Cc1c[nH]c2ccccc12)C(=O)C[C@@H](CCC(N)=O)C(=O)N[C@@H](CS)C(=O)C[C@H](C(=O)N[C@@H](CC(C)C)C(=O)C[C@H](C(=O)O)C(C)(C)C)[C@@H](C)O. The Bertz CT molecular complexity index is 2970. The largest absolute Gasteiger partial charge is 0.481 e. The zero-order valence-corrected chi connectivity index (χ0v) is 53.2. The van der Waals surface area contributed by atoms with Crippen LogP contribution in [0.1, 0.15) is 137 Å². The summed E-state index contributed by atoms with van der Waals surface area (Å²) in [5.74, 6) is -14.6. The number of rotatable bonds is 42. The van der Waals surface area contributed by atoms with Gasteiger partial charge in [-0.2, -0.15) is 12.6 Å². The molecule has 89 heavy (non-hydrogen) atoms. The van der Waals surface area contributed by atoms with Crippen LogP contribution in [-0.2, 0) is 65.6 Å². The van der Waals surface area contributed by atoms with Gasteiger partial charge in [0.25, 0.3) is 0 Å². The second-order valence-electron chi connectivity index (χ2n) is 24.5. The number of benzene rings is 2. The fourth-order valence-corrected chi connectivity index (χ4v) is 10.7. The van der Waals surface area contributed by atoms with E-state index in [1.54, 1.807) is 83.3 Å². The molecule has 26 heteroatoms. The number of carboxylic acid groups (broad SMARTS) is 1. The summed E-state index contributed by atoms with van der Waals surface area (Å²) in [5.41, 5.74) is 28.9. The lowest BCUT2D eigenvalue weighted by Gasteiger charge is -2.29. The summed E-state index contributed by atoms with van der Waals surface area (Å²) < 4.78 is 0. The topological polar surface area (TPSA) is 447 Å². The molecule has 0 saturated carbocycles. The van der Waals surface area contributed by atoms with Crippen molar-refractivity contribution in [2.45, 2.75) is 169 Å². The van der Waals surface area contributed by atoms with Crippen LogP contribution in [0.4, 0.5) is 0 Å². The third-order valence-electron chi connectivity index (χ3n) is 15.5. The molecule has 25 nitrogen and oxygen atoms in total. The number of carbonyl (C=O) groups excluding carboxylic acids is 10. The summed E-state index contributed by atoms with van der Waals surface area (Å²) >= 11 is 4.33. The molecule has 1 heterocycles. The molecule has 490 valence electrons. The number of nitrogens with one attached hydrogen (secondary N) is 5. The maximum atomic E-state index is 15.0. The van der Waals surface area contributed by atoms with Gasteiger partial charge in [0, 0.05) is 98.6 Å². The monoisotopic (exact) mass is 1260 g/mol. The lowest BCUT2D eigenvalue weighted by atomic mass is 9.76. The Balaban J connectivity index is 2.03. The number of Topliss-reactive ketones (excluding diaryl/α,β-unsaturated/α-hetero) is 5. The van der Waals surface area contributed by atoms with Gasteiger partial charge in [-0.15, -0.1) is 0 Å². The minimum atomic E-state index is -1.46. The molecule has 0 aliphatic heterocycles. The number of hydrogen-bond acceptors (Lipinski definition) is 15. The van der Waals surface area contributed by atoms with Gasteiger partial charge in [0.2, 0.25) is 29.5 Å². The number of guanidine groups is 2. The first-order chi connectivity index (χ1) is 41.8. The van der Waals surface area contributed by atoms with Gasteiger partial charge in [-0.1, -0.05) is 83.1 Å². The zero-order chi connectivity index (χ0) is 66.7. The van der Waals surface area contributed by atoms with Gasteiger partial charge in [-0.3, -0.25) is 57.9 Å². The first-order valence-corrected chi connectivity index (χ1v) is 30.8. The number of carbonyl (C=O) groups is 11. The second-order valence-corrected chi connectivity index (χ2v) is 24.9. The Hall–Kier alpha value is -8.00. The Morgan fingerprint density at radius 3 is 1.65 bits per heavy atom. The molecule has 1 aromatic heterocycles. The van der Waals surface area contributed by atoms with E-state index in [-0.39, 0.29) is 100 Å². The molecular weight excluding hydrogens is 1160 g/mol. The highest BCUT2D eigenvalue weighted by atomic mass is 32.1. The van der Waals surface area contributed by atoms with Crippen LogP contribution in [0, 0.1) is 40.9 Å². The maximum Gasteiger partial charge on any atom is 0.307 e. The van der Waals surface area contributed by atoms with Crippen LogP contribution in [0.15, 0.2) is 70.8 Å². The summed E-state index contributed by atoms with van der Waals surface area (Å²) in [6.45, 7) is 11.6. The van der Waals surface area contributed by atoms with E-state index in [0.29, 0.717) is 28.5 Å². The van der Waals surface area contributed by atoms with E-state index in [9.17, 15) is 53.4 Å². The number of nitrogens with zero attached hydrogens (tertiary/aromatic N) is 2. The Labute approximate surface area is 525 Å². The number of para-hydroxylation sites is 1. The van der Waals surface area contributed by atoms with Crippen molar-refractivity contribution in [1.82, 2.24) is 26.3 Å². The van der Waals surface area contributed by atoms with E-state index < -0.39 is 150 Å². The molecule has 0 saturated heterocycles. The average Bonchev–Trinajstić information content (AvgIpc) is 4.11. The molecule has 0 fully saturated rings. The summed E-state index contributed by atoms with van der Waals surface area (Å²) in [4.78, 5) is 163. The first kappa shape index (κ1) is 75.3. The molecule has 0 aliphatic carbocycles. The third kappa shape index (κ3) is 26.7. The van der Waals surface area contributed by atoms with Gasteiger partial charge in [-0.05, 0) is 87.3 Å². The van der Waals surface area contributed by atoms with Crippen LogP contribution in [0.3, 0.4) is 0 Å². The zero-order valence-electron chi connectivity index (χ0n) is 52.3. The Morgan fingerprint density at radius 1 is 0.596 bits per heavy atom. The number of nitrogens with two attached hydrogens (primary N) is 5. The number of ketones is 5. The smallest absolute Gasteiger partial charge is 0.307 e. The molecule has 17 N–H and O–H groups in total. The summed E-state index contributed by atoms with van der Waals surface area (Å²) in [7, 11) is 0. The van der Waals surface area contributed by atoms with E-state index in [1.165, 1.54) is 13.8 Å². The molecule has 0 aliphatic rings. The van der Waals surface area contributed by atoms with Gasteiger partial charge in [0.05, 0.1) is 42.1 Å². The van der Waals surface area contributed by atoms with Crippen LogP contribution in [-0.4, -0.2) is 141 Å². The number of primary amides is 1. The van der Waals surface area contributed by atoms with Crippen LogP contribution in [0.5, 0.6) is 0 Å². The van der Waals surface area contributed by atoms with Gasteiger partial charge >= 0.3 is 5.97 Å². The van der Waals surface area contributed by atoms with E-state index in [1.807, 2.05) is 12.1 Å². The highest BCUT2D eigenvalue weighted by Crippen LogP contribution is 2.31. The van der Waals surface area contributed by atoms with Crippen LogP contribution < -0.4 is 49.9 Å². The van der Waals surface area contributed by atoms with Crippen molar-refractivity contribution in [1.29, 1.82) is 0 Å². The lowest BCUT2D eigenvalue weighted by molar-refractivity contribution is -0.148. The maximum absolute atomic E-state index is 15.0. The van der Waals surface area contributed by atoms with Crippen molar-refractivity contribution < 1.29 is 63.0 Å². The first-order valence-electron chi connectivity index (χ1n) is 30.1. The molecule has 10 atom stereocenters. The highest BCUT2D eigenvalue weighted by Gasteiger charge is 2.39. The number of H-pyrrole nitrogens is 1. The summed E-state index contributed by atoms with van der Waals surface area (Å²) in [5, 5.41) is 32.5. The average molecular weight is 1260 g/mol. The van der Waals surface area contributed by atoms with Crippen molar-refractivity contribution >= 4 is 99.9 Å². The number of thiol groups is 1. The van der Waals surface area contributed by atoms with Crippen LogP contribution in [0.25, 0.3) is 10.9 Å². The summed E-state index contributed by atoms with van der Waals surface area (Å²) in [6.07, 6.45) is -1.92. The predicted molar refractivity (Wildman–Crippen MR) is 341 cm³/mol. The molecule has 5 amide bonds. The van der Waals surface area contributed by atoms with Gasteiger partial charge in [0.1, 0.15) is 5.78 Å². The molecule has 3 rings (SSSR count). The lowest BCUT2D eigenvalue weighted by Crippen LogP contribution is -2.51. The number of aliphatic hydroxyl groups is 1. The molecule has 0 bridgehead atoms. The van der Waals surface area contributed by atoms with Crippen molar-refractivity contribution in [3.8, 4) is 0 Å². The van der Waals surface area contributed by atoms with Gasteiger partial charge in [-0.25, -0.2) is 0 Å².